The normalized spacial score (nSPS) is 8.67. The Balaban J connectivity index is 0.000000583. The van der Waals surface area contributed by atoms with Gasteiger partial charge in [-0.3, -0.25) is 4.79 Å². The third kappa shape index (κ3) is 6.79. The summed E-state index contributed by atoms with van der Waals surface area (Å²) < 4.78 is 0. The number of halogens is 1. The predicted octanol–water partition coefficient (Wildman–Crippen LogP) is 4.86. The number of ketones is 1. The molecule has 109 valence electrons. The summed E-state index contributed by atoms with van der Waals surface area (Å²) in [6.07, 6.45) is 5.86. The van der Waals surface area contributed by atoms with E-state index < -0.39 is 0 Å². The van der Waals surface area contributed by atoms with Gasteiger partial charge in [-0.05, 0) is 30.2 Å². The van der Waals surface area contributed by atoms with Gasteiger partial charge in [0.2, 0.25) is 0 Å². The fourth-order valence-corrected chi connectivity index (χ4v) is 1.50. The van der Waals surface area contributed by atoms with E-state index in [0.717, 1.165) is 5.56 Å². The van der Waals surface area contributed by atoms with Crippen LogP contribution in [0.25, 0.3) is 11.1 Å². The zero-order chi connectivity index (χ0) is 15.0. The number of rotatable bonds is 2. The number of carbonyl (C=O) groups excluding carboxylic acids is 1. The summed E-state index contributed by atoms with van der Waals surface area (Å²) in [6.45, 7) is 6.99. The third-order valence-electron chi connectivity index (χ3n) is 2.83. The summed E-state index contributed by atoms with van der Waals surface area (Å²) in [6, 6.07) is 16.5. The zero-order valence-electron chi connectivity index (χ0n) is 12.4. The molecule has 0 aliphatic rings. The highest BCUT2D eigenvalue weighted by atomic mass is 35.5. The van der Waals surface area contributed by atoms with Crippen molar-refractivity contribution in [1.29, 1.82) is 0 Å². The minimum absolute atomic E-state index is 0. The quantitative estimate of drug-likeness (QED) is 0.723. The van der Waals surface area contributed by atoms with Gasteiger partial charge in [-0.2, -0.15) is 0 Å². The van der Waals surface area contributed by atoms with E-state index in [0.29, 0.717) is 6.42 Å². The fraction of sp³-hybridized carbons (Fsp3) is 0.158. The molecule has 0 N–H and O–H groups in total. The molecule has 21 heavy (non-hydrogen) atoms. The van der Waals surface area contributed by atoms with E-state index in [1.54, 1.807) is 6.92 Å². The number of hydrogen-bond acceptors (Lipinski definition) is 1. The van der Waals surface area contributed by atoms with Crippen LogP contribution in [-0.2, 0) is 4.79 Å². The lowest BCUT2D eigenvalue weighted by Gasteiger charge is -2.02. The van der Waals surface area contributed by atoms with Crippen LogP contribution in [0.4, 0.5) is 0 Å². The molecule has 0 saturated carbocycles. The molecule has 0 unspecified atom stereocenters. The molecule has 2 heteroatoms. The Kier molecular flexibility index (Phi) is 8.85. The Labute approximate surface area is 133 Å². The highest BCUT2D eigenvalue weighted by molar-refractivity contribution is 5.85. The van der Waals surface area contributed by atoms with Gasteiger partial charge in [-0.25, -0.2) is 0 Å². The van der Waals surface area contributed by atoms with Gasteiger partial charge < -0.3 is 0 Å². The molecule has 0 aliphatic carbocycles. The summed E-state index contributed by atoms with van der Waals surface area (Å²) in [5.74, 6) is 2.62. The summed E-state index contributed by atoms with van der Waals surface area (Å²) in [5.41, 5.74) is 4.63. The number of benzene rings is 2. The van der Waals surface area contributed by atoms with Gasteiger partial charge in [0, 0.05) is 18.9 Å². The van der Waals surface area contributed by atoms with Gasteiger partial charge in [0.15, 0.2) is 0 Å². The molecular weight excluding hydrogens is 280 g/mol. The smallest absolute Gasteiger partial charge is 0.133 e. The van der Waals surface area contributed by atoms with Crippen molar-refractivity contribution in [3.05, 3.63) is 66.6 Å². The van der Waals surface area contributed by atoms with Crippen LogP contribution >= 0.6 is 12.4 Å². The van der Waals surface area contributed by atoms with Gasteiger partial charge in [0.25, 0.3) is 0 Å². The van der Waals surface area contributed by atoms with Crippen molar-refractivity contribution in [2.24, 2.45) is 0 Å². The van der Waals surface area contributed by atoms with Gasteiger partial charge in [-0.15, -0.1) is 18.8 Å². The second kappa shape index (κ2) is 9.80. The maximum absolute atomic E-state index is 9.70. The van der Waals surface area contributed by atoms with E-state index in [2.05, 4.69) is 56.2 Å². The molecule has 2 aromatic carbocycles. The van der Waals surface area contributed by atoms with E-state index in [1.807, 2.05) is 12.1 Å². The van der Waals surface area contributed by atoms with E-state index in [9.17, 15) is 4.79 Å². The number of aryl methyl sites for hydroxylation is 1. The molecule has 0 saturated heterocycles. The number of Topliss-reactive ketones (excluding diaryl/α,β-unsaturated/α-hetero) is 1. The van der Waals surface area contributed by atoms with Crippen LogP contribution in [0.2, 0.25) is 0 Å². The highest BCUT2D eigenvalue weighted by Crippen LogP contribution is 2.19. The van der Waals surface area contributed by atoms with Crippen LogP contribution in [0.3, 0.4) is 0 Å². The van der Waals surface area contributed by atoms with Crippen LogP contribution in [0.5, 0.6) is 0 Å². The summed E-state index contributed by atoms with van der Waals surface area (Å²) in [5, 5.41) is 0. The van der Waals surface area contributed by atoms with Crippen molar-refractivity contribution in [2.75, 3.05) is 0 Å². The molecule has 2 rings (SSSR count). The second-order valence-corrected chi connectivity index (χ2v) is 4.48. The molecule has 0 atom stereocenters. The number of hydrogen-bond donors (Lipinski definition) is 0. The second-order valence-electron chi connectivity index (χ2n) is 4.48. The van der Waals surface area contributed by atoms with E-state index >= 15 is 0 Å². The van der Waals surface area contributed by atoms with Gasteiger partial charge in [0.1, 0.15) is 5.78 Å². The molecule has 1 radical (unpaired) electrons. The first-order valence-electron chi connectivity index (χ1n) is 6.55. The first-order valence-corrected chi connectivity index (χ1v) is 6.55. The van der Waals surface area contributed by atoms with Crippen molar-refractivity contribution in [1.82, 2.24) is 0 Å². The topological polar surface area (TPSA) is 17.1 Å². The Morgan fingerprint density at radius 2 is 1.43 bits per heavy atom. The van der Waals surface area contributed by atoms with E-state index in [4.69, 9.17) is 6.42 Å². The van der Waals surface area contributed by atoms with Crippen molar-refractivity contribution in [3.8, 4) is 23.5 Å². The first kappa shape index (κ1) is 19.0. The minimum atomic E-state index is 0. The molecule has 0 aliphatic heterocycles. The van der Waals surface area contributed by atoms with Crippen molar-refractivity contribution in [3.63, 3.8) is 0 Å². The van der Waals surface area contributed by atoms with E-state index in [-0.39, 0.29) is 18.2 Å². The van der Waals surface area contributed by atoms with Gasteiger partial charge in [0.05, 0.1) is 0 Å². The number of terminal acetylenes is 1. The summed E-state index contributed by atoms with van der Waals surface area (Å²) in [7, 11) is 0. The Bertz CT molecular complexity index is 589. The standard InChI is InChI=1S/C15H12.C4H7O.ClH/c1-3-13-6-10-15(11-7-13)14-8-4-12(2)5-9-14;1-3-4(2)5;/h1,4-11H,2H3;2-3H2,1H3;1H. The molecule has 0 aromatic heterocycles. The molecule has 0 fully saturated rings. The van der Waals surface area contributed by atoms with Crippen LogP contribution in [0.1, 0.15) is 24.5 Å². The molecule has 1 nitrogen and oxygen atoms in total. The zero-order valence-corrected chi connectivity index (χ0v) is 13.2. The lowest BCUT2D eigenvalue weighted by molar-refractivity contribution is -0.114. The number of carbonyl (C=O) groups is 1. The summed E-state index contributed by atoms with van der Waals surface area (Å²) >= 11 is 0. The molecule has 0 heterocycles. The van der Waals surface area contributed by atoms with Crippen molar-refractivity contribution < 1.29 is 4.79 Å². The Morgan fingerprint density at radius 3 is 1.76 bits per heavy atom. The lowest BCUT2D eigenvalue weighted by atomic mass is 10.0. The molecule has 2 aromatic rings. The fourth-order valence-electron chi connectivity index (χ4n) is 1.50. The SMILES string of the molecule is C#Cc1ccc(-c2ccc(C)cc2)cc1.Cl.[CH2]C(=O)CC. The van der Waals surface area contributed by atoms with Gasteiger partial charge in [-0.1, -0.05) is 54.8 Å². The molecule has 0 spiro atoms. The average molecular weight is 300 g/mol. The third-order valence-corrected chi connectivity index (χ3v) is 2.83. The molecule has 0 bridgehead atoms. The predicted molar refractivity (Wildman–Crippen MR) is 92.5 cm³/mol. The monoisotopic (exact) mass is 299 g/mol. The van der Waals surface area contributed by atoms with Crippen LogP contribution < -0.4 is 0 Å². The van der Waals surface area contributed by atoms with Crippen LogP contribution in [0.15, 0.2) is 48.5 Å². The van der Waals surface area contributed by atoms with E-state index in [1.165, 1.54) is 16.7 Å². The highest BCUT2D eigenvalue weighted by Gasteiger charge is 1.96. The van der Waals surface area contributed by atoms with Crippen molar-refractivity contribution >= 4 is 18.2 Å². The Hall–Kier alpha value is -2.04. The average Bonchev–Trinajstić information content (AvgIpc) is 2.49. The Morgan fingerprint density at radius 1 is 1.05 bits per heavy atom. The largest absolute Gasteiger partial charge is 0.300 e. The molecule has 0 amide bonds. The first-order chi connectivity index (χ1) is 9.56. The molecular formula is C19H20ClO. The lowest BCUT2D eigenvalue weighted by Crippen LogP contribution is -1.81. The van der Waals surface area contributed by atoms with Crippen LogP contribution in [0, 0.1) is 26.2 Å². The van der Waals surface area contributed by atoms with Gasteiger partial charge >= 0.3 is 0 Å². The summed E-state index contributed by atoms with van der Waals surface area (Å²) in [4.78, 5) is 9.70. The maximum Gasteiger partial charge on any atom is 0.133 e. The minimum Gasteiger partial charge on any atom is -0.300 e. The maximum atomic E-state index is 9.70. The van der Waals surface area contributed by atoms with Crippen LogP contribution in [-0.4, -0.2) is 5.78 Å². The van der Waals surface area contributed by atoms with Crippen molar-refractivity contribution in [2.45, 2.75) is 20.3 Å².